The van der Waals surface area contributed by atoms with Crippen molar-refractivity contribution >= 4 is 17.2 Å². The molecule has 0 bridgehead atoms. The number of benzene rings is 1. The third kappa shape index (κ3) is 3.69. The summed E-state index contributed by atoms with van der Waals surface area (Å²) in [6.45, 7) is 4.06. The van der Waals surface area contributed by atoms with Gasteiger partial charge in [0.15, 0.2) is 0 Å². The number of hydrogen-bond acceptors (Lipinski definition) is 3. The summed E-state index contributed by atoms with van der Waals surface area (Å²) in [4.78, 5) is 14.6. The highest BCUT2D eigenvalue weighted by Gasteiger charge is 2.11. The van der Waals surface area contributed by atoms with Crippen molar-refractivity contribution in [3.05, 3.63) is 57.3 Å². The normalized spacial score (nSPS) is 11.7. The first-order valence-corrected chi connectivity index (χ1v) is 7.26. The van der Waals surface area contributed by atoms with Gasteiger partial charge in [0.2, 0.25) is 0 Å². The first kappa shape index (κ1) is 14.3. The SMILES string of the molecule is Cc1ccc(CC(C)NC(=O)c2cccc(C#N)c2)s1. The van der Waals surface area contributed by atoms with Crippen LogP contribution >= 0.6 is 11.3 Å². The van der Waals surface area contributed by atoms with Gasteiger partial charge >= 0.3 is 0 Å². The van der Waals surface area contributed by atoms with Crippen molar-refractivity contribution < 1.29 is 4.79 Å². The Balaban J connectivity index is 1.98. The lowest BCUT2D eigenvalue weighted by Crippen LogP contribution is -2.33. The Morgan fingerprint density at radius 1 is 1.40 bits per heavy atom. The molecule has 0 aliphatic rings. The minimum absolute atomic E-state index is 0.0614. The van der Waals surface area contributed by atoms with E-state index in [9.17, 15) is 4.79 Å². The third-order valence-corrected chi connectivity index (χ3v) is 3.96. The average molecular weight is 284 g/mol. The number of amides is 1. The molecule has 1 heterocycles. The molecule has 0 spiro atoms. The molecule has 1 aromatic heterocycles. The van der Waals surface area contributed by atoms with Gasteiger partial charge < -0.3 is 5.32 Å². The highest BCUT2D eigenvalue weighted by Crippen LogP contribution is 2.16. The van der Waals surface area contributed by atoms with Gasteiger partial charge in [0.05, 0.1) is 11.6 Å². The number of carbonyl (C=O) groups excluding carboxylic acids is 1. The van der Waals surface area contributed by atoms with E-state index in [1.165, 1.54) is 9.75 Å². The Hall–Kier alpha value is -2.12. The fourth-order valence-corrected chi connectivity index (χ4v) is 3.00. The van der Waals surface area contributed by atoms with Crippen molar-refractivity contribution in [2.24, 2.45) is 0 Å². The zero-order valence-corrected chi connectivity index (χ0v) is 12.3. The molecule has 0 aliphatic heterocycles. The lowest BCUT2D eigenvalue weighted by atomic mass is 10.1. The zero-order valence-electron chi connectivity index (χ0n) is 11.5. The molecule has 1 amide bonds. The molecular formula is C16H16N2OS. The van der Waals surface area contributed by atoms with Gasteiger partial charge in [-0.15, -0.1) is 11.3 Å². The molecule has 1 atom stereocenters. The van der Waals surface area contributed by atoms with Gasteiger partial charge in [-0.25, -0.2) is 0 Å². The van der Waals surface area contributed by atoms with E-state index in [2.05, 4.69) is 24.4 Å². The fourth-order valence-electron chi connectivity index (χ4n) is 1.98. The van der Waals surface area contributed by atoms with Crippen molar-refractivity contribution in [2.45, 2.75) is 26.3 Å². The number of nitrogens with zero attached hydrogens (tertiary/aromatic N) is 1. The van der Waals surface area contributed by atoms with Crippen LogP contribution < -0.4 is 5.32 Å². The Bertz CT molecular complexity index is 654. The minimum atomic E-state index is -0.136. The molecule has 1 aromatic carbocycles. The lowest BCUT2D eigenvalue weighted by molar-refractivity contribution is 0.0940. The molecule has 0 fully saturated rings. The molecule has 20 heavy (non-hydrogen) atoms. The predicted molar refractivity (Wildman–Crippen MR) is 80.8 cm³/mol. The van der Waals surface area contributed by atoms with Crippen molar-refractivity contribution in [3.63, 3.8) is 0 Å². The molecular weight excluding hydrogens is 268 g/mol. The van der Waals surface area contributed by atoms with Gasteiger partial charge in [-0.05, 0) is 44.2 Å². The summed E-state index contributed by atoms with van der Waals surface area (Å²) in [5, 5.41) is 11.8. The van der Waals surface area contributed by atoms with Crippen LogP contribution in [0.25, 0.3) is 0 Å². The lowest BCUT2D eigenvalue weighted by Gasteiger charge is -2.13. The molecule has 2 rings (SSSR count). The first-order chi connectivity index (χ1) is 9.58. The topological polar surface area (TPSA) is 52.9 Å². The minimum Gasteiger partial charge on any atom is -0.349 e. The fraction of sp³-hybridized carbons (Fsp3) is 0.250. The van der Waals surface area contributed by atoms with E-state index in [-0.39, 0.29) is 11.9 Å². The summed E-state index contributed by atoms with van der Waals surface area (Å²) < 4.78 is 0. The number of aryl methyl sites for hydroxylation is 1. The van der Waals surface area contributed by atoms with Crippen LogP contribution in [0.1, 0.15) is 32.6 Å². The maximum Gasteiger partial charge on any atom is 0.251 e. The highest BCUT2D eigenvalue weighted by atomic mass is 32.1. The van der Waals surface area contributed by atoms with Gasteiger partial charge in [-0.2, -0.15) is 5.26 Å². The van der Waals surface area contributed by atoms with Crippen LogP contribution in [-0.4, -0.2) is 11.9 Å². The molecule has 0 radical (unpaired) electrons. The van der Waals surface area contributed by atoms with E-state index in [1.807, 2.05) is 13.0 Å². The Morgan fingerprint density at radius 2 is 2.20 bits per heavy atom. The number of nitriles is 1. The van der Waals surface area contributed by atoms with E-state index in [1.54, 1.807) is 35.6 Å². The average Bonchev–Trinajstić information content (AvgIpc) is 2.83. The second-order valence-corrected chi connectivity index (χ2v) is 6.16. The quantitative estimate of drug-likeness (QED) is 0.936. The number of rotatable bonds is 4. The largest absolute Gasteiger partial charge is 0.349 e. The summed E-state index contributed by atoms with van der Waals surface area (Å²) in [5.74, 6) is -0.136. The van der Waals surface area contributed by atoms with Gasteiger partial charge in [0.25, 0.3) is 5.91 Å². The molecule has 4 heteroatoms. The van der Waals surface area contributed by atoms with Gasteiger partial charge in [0, 0.05) is 27.8 Å². The number of thiophene rings is 1. The zero-order chi connectivity index (χ0) is 14.5. The maximum atomic E-state index is 12.1. The van der Waals surface area contributed by atoms with Crippen LogP contribution in [0.2, 0.25) is 0 Å². The Morgan fingerprint density at radius 3 is 2.85 bits per heavy atom. The number of nitrogens with one attached hydrogen (secondary N) is 1. The van der Waals surface area contributed by atoms with E-state index in [4.69, 9.17) is 5.26 Å². The van der Waals surface area contributed by atoms with Crippen molar-refractivity contribution in [1.82, 2.24) is 5.32 Å². The van der Waals surface area contributed by atoms with Crippen LogP contribution in [0.15, 0.2) is 36.4 Å². The van der Waals surface area contributed by atoms with Crippen LogP contribution in [0.5, 0.6) is 0 Å². The van der Waals surface area contributed by atoms with Crippen molar-refractivity contribution in [3.8, 4) is 6.07 Å². The second kappa shape index (κ2) is 6.36. The van der Waals surface area contributed by atoms with E-state index in [0.29, 0.717) is 11.1 Å². The van der Waals surface area contributed by atoms with Crippen LogP contribution in [-0.2, 0) is 6.42 Å². The third-order valence-electron chi connectivity index (χ3n) is 2.93. The number of carbonyl (C=O) groups is 1. The molecule has 1 N–H and O–H groups in total. The van der Waals surface area contributed by atoms with E-state index in [0.717, 1.165) is 6.42 Å². The molecule has 0 aliphatic carbocycles. The summed E-state index contributed by atoms with van der Waals surface area (Å²) in [6, 6.07) is 13.0. The molecule has 102 valence electrons. The first-order valence-electron chi connectivity index (χ1n) is 6.45. The smallest absolute Gasteiger partial charge is 0.251 e. The molecule has 3 nitrogen and oxygen atoms in total. The monoisotopic (exact) mass is 284 g/mol. The van der Waals surface area contributed by atoms with Gasteiger partial charge in [0.1, 0.15) is 0 Å². The van der Waals surface area contributed by atoms with E-state index >= 15 is 0 Å². The summed E-state index contributed by atoms with van der Waals surface area (Å²) in [7, 11) is 0. The van der Waals surface area contributed by atoms with Crippen LogP contribution in [0, 0.1) is 18.3 Å². The van der Waals surface area contributed by atoms with Gasteiger partial charge in [-0.1, -0.05) is 6.07 Å². The highest BCUT2D eigenvalue weighted by molar-refractivity contribution is 7.11. The second-order valence-electron chi connectivity index (χ2n) is 4.78. The van der Waals surface area contributed by atoms with Crippen LogP contribution in [0.4, 0.5) is 0 Å². The molecule has 0 saturated heterocycles. The number of hydrogen-bond donors (Lipinski definition) is 1. The summed E-state index contributed by atoms with van der Waals surface area (Å²) >= 11 is 1.75. The maximum absolute atomic E-state index is 12.1. The molecule has 1 unspecified atom stereocenters. The molecule has 2 aromatic rings. The van der Waals surface area contributed by atoms with E-state index < -0.39 is 0 Å². The summed E-state index contributed by atoms with van der Waals surface area (Å²) in [6.07, 6.45) is 0.822. The Labute approximate surface area is 122 Å². The van der Waals surface area contributed by atoms with Crippen molar-refractivity contribution in [1.29, 1.82) is 5.26 Å². The standard InChI is InChI=1S/C16H16N2OS/c1-11(8-15-7-6-12(2)20-15)18-16(19)14-5-3-4-13(9-14)10-17/h3-7,9,11H,8H2,1-2H3,(H,18,19). The van der Waals surface area contributed by atoms with Gasteiger partial charge in [-0.3, -0.25) is 4.79 Å². The molecule has 0 saturated carbocycles. The predicted octanol–water partition coefficient (Wildman–Crippen LogP) is 3.29. The van der Waals surface area contributed by atoms with Crippen molar-refractivity contribution in [2.75, 3.05) is 0 Å². The Kier molecular flexibility index (Phi) is 4.54. The van der Waals surface area contributed by atoms with Crippen LogP contribution in [0.3, 0.4) is 0 Å². The summed E-state index contributed by atoms with van der Waals surface area (Å²) in [5.41, 5.74) is 1.03.